The first-order chi connectivity index (χ1) is 7.47. The van der Waals surface area contributed by atoms with E-state index < -0.39 is 16.2 Å². The molecule has 0 aliphatic carbocycles. The zero-order valence-electron chi connectivity index (χ0n) is 10.0. The van der Waals surface area contributed by atoms with E-state index in [2.05, 4.69) is 9.46 Å². The van der Waals surface area contributed by atoms with Crippen molar-refractivity contribution in [3.63, 3.8) is 0 Å². The Labute approximate surface area is 97.1 Å². The quantitative estimate of drug-likeness (QED) is 0.622. The lowest BCUT2D eigenvalue weighted by molar-refractivity contribution is -0.140. The number of hydrogen-bond acceptors (Lipinski definition) is 4. The SMILES string of the molecule is CCCNS(=O)(=O)N(CCC)CC(=O)OC. The number of rotatable bonds is 8. The van der Waals surface area contributed by atoms with Gasteiger partial charge in [-0.1, -0.05) is 13.8 Å². The summed E-state index contributed by atoms with van der Waals surface area (Å²) in [5.41, 5.74) is 0. The van der Waals surface area contributed by atoms with Crippen LogP contribution in [-0.4, -0.2) is 45.4 Å². The highest BCUT2D eigenvalue weighted by Crippen LogP contribution is 2.00. The van der Waals surface area contributed by atoms with E-state index >= 15 is 0 Å². The maximum absolute atomic E-state index is 11.7. The first kappa shape index (κ1) is 15.3. The lowest BCUT2D eigenvalue weighted by atomic mass is 10.5. The summed E-state index contributed by atoms with van der Waals surface area (Å²) in [5.74, 6) is -0.560. The van der Waals surface area contributed by atoms with E-state index in [9.17, 15) is 13.2 Å². The summed E-state index contributed by atoms with van der Waals surface area (Å²) >= 11 is 0. The Morgan fingerprint density at radius 3 is 2.38 bits per heavy atom. The smallest absolute Gasteiger partial charge is 0.321 e. The molecule has 7 heteroatoms. The fourth-order valence-corrected chi connectivity index (χ4v) is 2.41. The molecule has 0 heterocycles. The first-order valence-electron chi connectivity index (χ1n) is 5.29. The second-order valence-electron chi connectivity index (χ2n) is 3.31. The highest BCUT2D eigenvalue weighted by molar-refractivity contribution is 7.87. The van der Waals surface area contributed by atoms with Crippen molar-refractivity contribution in [3.05, 3.63) is 0 Å². The van der Waals surface area contributed by atoms with Gasteiger partial charge in [-0.25, -0.2) is 4.72 Å². The minimum Gasteiger partial charge on any atom is -0.468 e. The van der Waals surface area contributed by atoms with Gasteiger partial charge >= 0.3 is 5.97 Å². The van der Waals surface area contributed by atoms with Crippen LogP contribution in [0.4, 0.5) is 0 Å². The van der Waals surface area contributed by atoms with Crippen LogP contribution in [0, 0.1) is 0 Å². The average molecular weight is 252 g/mol. The van der Waals surface area contributed by atoms with Crippen LogP contribution in [-0.2, 0) is 19.7 Å². The van der Waals surface area contributed by atoms with Crippen molar-refractivity contribution in [2.24, 2.45) is 0 Å². The van der Waals surface area contributed by atoms with Crippen molar-refractivity contribution in [1.82, 2.24) is 9.03 Å². The summed E-state index contributed by atoms with van der Waals surface area (Å²) in [5, 5.41) is 0. The third-order valence-electron chi connectivity index (χ3n) is 1.88. The Morgan fingerprint density at radius 1 is 1.31 bits per heavy atom. The maximum Gasteiger partial charge on any atom is 0.321 e. The molecular formula is C9H20N2O4S. The van der Waals surface area contributed by atoms with Crippen LogP contribution in [0.2, 0.25) is 0 Å². The standard InChI is InChI=1S/C9H20N2O4S/c1-4-6-10-16(13,14)11(7-5-2)8-9(12)15-3/h10H,4-8H2,1-3H3. The topological polar surface area (TPSA) is 75.7 Å². The fourth-order valence-electron chi connectivity index (χ4n) is 1.06. The van der Waals surface area contributed by atoms with Crippen LogP contribution in [0.1, 0.15) is 26.7 Å². The number of carbonyl (C=O) groups is 1. The van der Waals surface area contributed by atoms with E-state index in [0.717, 1.165) is 4.31 Å². The zero-order chi connectivity index (χ0) is 12.6. The van der Waals surface area contributed by atoms with Crippen LogP contribution in [0.15, 0.2) is 0 Å². The van der Waals surface area contributed by atoms with Gasteiger partial charge in [0.25, 0.3) is 10.2 Å². The van der Waals surface area contributed by atoms with Crippen LogP contribution >= 0.6 is 0 Å². The predicted octanol–water partition coefficient (Wildman–Crippen LogP) is 0.116. The van der Waals surface area contributed by atoms with Gasteiger partial charge < -0.3 is 4.74 Å². The number of esters is 1. The average Bonchev–Trinajstić information content (AvgIpc) is 2.25. The second kappa shape index (κ2) is 7.59. The van der Waals surface area contributed by atoms with Gasteiger partial charge in [-0.05, 0) is 12.8 Å². The number of nitrogens with zero attached hydrogens (tertiary/aromatic N) is 1. The molecule has 0 aliphatic rings. The second-order valence-corrected chi connectivity index (χ2v) is 5.06. The Hall–Kier alpha value is -0.660. The van der Waals surface area contributed by atoms with Crippen molar-refractivity contribution in [2.45, 2.75) is 26.7 Å². The summed E-state index contributed by atoms with van der Waals surface area (Å²) in [7, 11) is -2.33. The van der Waals surface area contributed by atoms with Gasteiger partial charge in [0.1, 0.15) is 6.54 Å². The van der Waals surface area contributed by atoms with Gasteiger partial charge in [-0.15, -0.1) is 0 Å². The monoisotopic (exact) mass is 252 g/mol. The molecule has 0 bridgehead atoms. The third-order valence-corrected chi connectivity index (χ3v) is 3.44. The minimum absolute atomic E-state index is 0.247. The lowest BCUT2D eigenvalue weighted by Gasteiger charge is -2.20. The number of carbonyl (C=O) groups excluding carboxylic acids is 1. The van der Waals surface area contributed by atoms with Gasteiger partial charge in [-0.3, -0.25) is 4.79 Å². The molecule has 0 aromatic carbocycles. The maximum atomic E-state index is 11.7. The van der Waals surface area contributed by atoms with Crippen LogP contribution in [0.3, 0.4) is 0 Å². The Kier molecular flexibility index (Phi) is 7.27. The molecule has 0 aromatic heterocycles. The molecule has 16 heavy (non-hydrogen) atoms. The van der Waals surface area contributed by atoms with Gasteiger partial charge in [0.2, 0.25) is 0 Å². The van der Waals surface area contributed by atoms with E-state index in [0.29, 0.717) is 25.9 Å². The van der Waals surface area contributed by atoms with Crippen molar-refractivity contribution in [3.8, 4) is 0 Å². The summed E-state index contributed by atoms with van der Waals surface area (Å²) < 4.78 is 31.4. The molecule has 0 amide bonds. The Balaban J connectivity index is 4.55. The minimum atomic E-state index is -3.57. The van der Waals surface area contributed by atoms with Crippen molar-refractivity contribution in [1.29, 1.82) is 0 Å². The zero-order valence-corrected chi connectivity index (χ0v) is 10.8. The molecule has 1 N–H and O–H groups in total. The molecule has 0 radical (unpaired) electrons. The van der Waals surface area contributed by atoms with Crippen LogP contribution < -0.4 is 4.72 Å². The van der Waals surface area contributed by atoms with Gasteiger partial charge in [0.15, 0.2) is 0 Å². The van der Waals surface area contributed by atoms with E-state index in [-0.39, 0.29) is 6.54 Å². The molecule has 0 rings (SSSR count). The third kappa shape index (κ3) is 5.43. The molecular weight excluding hydrogens is 232 g/mol. The van der Waals surface area contributed by atoms with Gasteiger partial charge in [-0.2, -0.15) is 12.7 Å². The number of hydrogen-bond donors (Lipinski definition) is 1. The molecule has 0 fully saturated rings. The highest BCUT2D eigenvalue weighted by Gasteiger charge is 2.23. The van der Waals surface area contributed by atoms with Crippen LogP contribution in [0.5, 0.6) is 0 Å². The summed E-state index contributed by atoms with van der Waals surface area (Å²) in [6.07, 6.45) is 1.35. The van der Waals surface area contributed by atoms with Gasteiger partial charge in [0.05, 0.1) is 7.11 Å². The molecule has 0 aromatic rings. The molecule has 0 spiro atoms. The van der Waals surface area contributed by atoms with E-state index in [1.807, 2.05) is 13.8 Å². The first-order valence-corrected chi connectivity index (χ1v) is 6.73. The number of ether oxygens (including phenoxy) is 1. The number of nitrogens with one attached hydrogen (secondary N) is 1. The van der Waals surface area contributed by atoms with E-state index in [1.54, 1.807) is 0 Å². The highest BCUT2D eigenvalue weighted by atomic mass is 32.2. The van der Waals surface area contributed by atoms with Crippen LogP contribution in [0.25, 0.3) is 0 Å². The number of methoxy groups -OCH3 is 1. The predicted molar refractivity (Wildman–Crippen MR) is 61.1 cm³/mol. The molecule has 6 nitrogen and oxygen atoms in total. The lowest BCUT2D eigenvalue weighted by Crippen LogP contribution is -2.44. The molecule has 0 saturated heterocycles. The molecule has 0 aliphatic heterocycles. The summed E-state index contributed by atoms with van der Waals surface area (Å²) in [6, 6.07) is 0. The molecule has 0 atom stereocenters. The Bertz CT molecular complexity index is 303. The van der Waals surface area contributed by atoms with Crippen molar-refractivity contribution in [2.75, 3.05) is 26.7 Å². The molecule has 0 saturated carbocycles. The summed E-state index contributed by atoms with van der Waals surface area (Å²) in [6.45, 7) is 4.13. The van der Waals surface area contributed by atoms with Crippen molar-refractivity contribution < 1.29 is 17.9 Å². The molecule has 96 valence electrons. The summed E-state index contributed by atoms with van der Waals surface area (Å²) in [4.78, 5) is 11.1. The largest absolute Gasteiger partial charge is 0.468 e. The van der Waals surface area contributed by atoms with E-state index in [1.165, 1.54) is 7.11 Å². The normalized spacial score (nSPS) is 11.8. The molecule has 0 unspecified atom stereocenters. The van der Waals surface area contributed by atoms with E-state index in [4.69, 9.17) is 0 Å². The van der Waals surface area contributed by atoms with Gasteiger partial charge in [0, 0.05) is 13.1 Å². The van der Waals surface area contributed by atoms with Crippen molar-refractivity contribution >= 4 is 16.2 Å². The Morgan fingerprint density at radius 2 is 1.94 bits per heavy atom. The fraction of sp³-hybridized carbons (Fsp3) is 0.889.